The third-order valence-electron chi connectivity index (χ3n) is 4.66. The topological polar surface area (TPSA) is 58.4 Å². The quantitative estimate of drug-likeness (QED) is 0.937. The summed E-state index contributed by atoms with van der Waals surface area (Å²) >= 11 is 1.51. The van der Waals surface area contributed by atoms with E-state index in [1.54, 1.807) is 6.92 Å². The summed E-state index contributed by atoms with van der Waals surface area (Å²) in [6.45, 7) is 6.75. The van der Waals surface area contributed by atoms with Crippen LogP contribution in [0.2, 0.25) is 0 Å². The molecule has 1 fully saturated rings. The van der Waals surface area contributed by atoms with Gasteiger partial charge in [0.2, 0.25) is 0 Å². The minimum atomic E-state index is -0.485. The van der Waals surface area contributed by atoms with E-state index >= 15 is 0 Å². The number of fused-ring (bicyclic) bond motifs is 1. The zero-order valence-electron chi connectivity index (χ0n) is 14.2. The van der Waals surface area contributed by atoms with E-state index in [4.69, 9.17) is 0 Å². The van der Waals surface area contributed by atoms with E-state index in [2.05, 4.69) is 18.9 Å². The fourth-order valence-corrected chi connectivity index (χ4v) is 4.49. The minimum absolute atomic E-state index is 0.0477. The summed E-state index contributed by atoms with van der Waals surface area (Å²) in [6.07, 6.45) is 2.49. The minimum Gasteiger partial charge on any atom is -0.391 e. The van der Waals surface area contributed by atoms with Gasteiger partial charge in [-0.3, -0.25) is 9.48 Å². The molecular weight excluding hydrogens is 310 g/mol. The highest BCUT2D eigenvalue weighted by Crippen LogP contribution is 2.33. The first kappa shape index (κ1) is 16.5. The van der Waals surface area contributed by atoms with E-state index in [0.717, 1.165) is 46.6 Å². The fourth-order valence-electron chi connectivity index (χ4n) is 3.45. The van der Waals surface area contributed by atoms with E-state index < -0.39 is 6.10 Å². The molecule has 1 amide bonds. The van der Waals surface area contributed by atoms with Crippen LogP contribution in [0.1, 0.15) is 61.3 Å². The van der Waals surface area contributed by atoms with E-state index in [1.807, 2.05) is 22.7 Å². The number of likely N-dealkylation sites (tertiary alicyclic amines) is 1. The van der Waals surface area contributed by atoms with Crippen LogP contribution in [-0.4, -0.2) is 44.4 Å². The number of thiophene rings is 1. The Balaban J connectivity index is 1.96. The van der Waals surface area contributed by atoms with Gasteiger partial charge in [-0.05, 0) is 38.2 Å². The SMILES string of the molecule is CC(C)c1nn(C)c2sc(C(=O)N3CCCCC3C(C)O)cc12. The van der Waals surface area contributed by atoms with Gasteiger partial charge in [-0.1, -0.05) is 13.8 Å². The van der Waals surface area contributed by atoms with Crippen LogP contribution in [0.3, 0.4) is 0 Å². The Morgan fingerprint density at radius 2 is 2.13 bits per heavy atom. The van der Waals surface area contributed by atoms with Crippen LogP contribution in [-0.2, 0) is 7.05 Å². The summed E-state index contributed by atoms with van der Waals surface area (Å²) in [6, 6.07) is 1.92. The number of aliphatic hydroxyl groups excluding tert-OH is 1. The van der Waals surface area contributed by atoms with Crippen molar-refractivity contribution >= 4 is 27.5 Å². The summed E-state index contributed by atoms with van der Waals surface area (Å²) in [4.78, 5) is 16.6. The predicted molar refractivity (Wildman–Crippen MR) is 93.0 cm³/mol. The molecule has 2 aromatic heterocycles. The van der Waals surface area contributed by atoms with Crippen molar-refractivity contribution in [1.29, 1.82) is 0 Å². The first-order valence-corrected chi connectivity index (χ1v) is 9.17. The van der Waals surface area contributed by atoms with E-state index in [0.29, 0.717) is 5.92 Å². The Morgan fingerprint density at radius 1 is 1.39 bits per heavy atom. The van der Waals surface area contributed by atoms with Gasteiger partial charge in [0.1, 0.15) is 4.83 Å². The smallest absolute Gasteiger partial charge is 0.264 e. The summed E-state index contributed by atoms with van der Waals surface area (Å²) in [5.74, 6) is 0.378. The normalized spacial score (nSPS) is 20.4. The van der Waals surface area contributed by atoms with Crippen LogP contribution in [0.5, 0.6) is 0 Å². The third kappa shape index (κ3) is 2.90. The van der Waals surface area contributed by atoms with Crippen LogP contribution in [0, 0.1) is 0 Å². The van der Waals surface area contributed by atoms with Gasteiger partial charge in [-0.2, -0.15) is 5.10 Å². The molecule has 0 aromatic carbocycles. The summed E-state index contributed by atoms with van der Waals surface area (Å²) in [7, 11) is 1.93. The summed E-state index contributed by atoms with van der Waals surface area (Å²) in [5, 5.41) is 15.7. The molecule has 1 aliphatic rings. The van der Waals surface area contributed by atoms with Crippen molar-refractivity contribution < 1.29 is 9.90 Å². The highest BCUT2D eigenvalue weighted by molar-refractivity contribution is 7.20. The van der Waals surface area contributed by atoms with Crippen LogP contribution in [0.25, 0.3) is 10.2 Å². The van der Waals surface area contributed by atoms with Crippen molar-refractivity contribution in [3.05, 3.63) is 16.6 Å². The first-order valence-electron chi connectivity index (χ1n) is 8.35. The molecule has 2 atom stereocenters. The highest BCUT2D eigenvalue weighted by Gasteiger charge is 2.31. The van der Waals surface area contributed by atoms with Gasteiger partial charge in [0.25, 0.3) is 5.91 Å². The average molecular weight is 335 g/mol. The molecule has 0 radical (unpaired) electrons. The van der Waals surface area contributed by atoms with Crippen molar-refractivity contribution in [2.45, 2.75) is 58.1 Å². The van der Waals surface area contributed by atoms with Gasteiger partial charge in [-0.15, -0.1) is 11.3 Å². The van der Waals surface area contributed by atoms with Crippen molar-refractivity contribution in [3.63, 3.8) is 0 Å². The van der Waals surface area contributed by atoms with Crippen molar-refractivity contribution in [1.82, 2.24) is 14.7 Å². The molecule has 0 aliphatic carbocycles. The summed E-state index contributed by atoms with van der Waals surface area (Å²) in [5.41, 5.74) is 1.04. The average Bonchev–Trinajstić information content (AvgIpc) is 3.07. The largest absolute Gasteiger partial charge is 0.391 e. The molecule has 0 saturated carbocycles. The number of aryl methyl sites for hydroxylation is 1. The van der Waals surface area contributed by atoms with Crippen molar-refractivity contribution in [3.8, 4) is 0 Å². The second-order valence-corrected chi connectivity index (χ2v) is 7.83. The lowest BCUT2D eigenvalue weighted by atomic mass is 9.98. The van der Waals surface area contributed by atoms with Crippen molar-refractivity contribution in [2.75, 3.05) is 6.54 Å². The summed E-state index contributed by atoms with van der Waals surface area (Å²) < 4.78 is 1.87. The van der Waals surface area contributed by atoms with E-state index in [1.165, 1.54) is 11.3 Å². The maximum atomic E-state index is 13.0. The molecule has 6 heteroatoms. The number of hydrogen-bond acceptors (Lipinski definition) is 4. The molecule has 2 unspecified atom stereocenters. The van der Waals surface area contributed by atoms with Crippen molar-refractivity contribution in [2.24, 2.45) is 7.05 Å². The van der Waals surface area contributed by atoms with Gasteiger partial charge < -0.3 is 10.0 Å². The molecule has 1 aliphatic heterocycles. The molecule has 3 heterocycles. The maximum absolute atomic E-state index is 13.0. The number of nitrogens with zero attached hydrogens (tertiary/aromatic N) is 3. The molecule has 0 bridgehead atoms. The third-order valence-corrected chi connectivity index (χ3v) is 5.85. The number of hydrogen-bond donors (Lipinski definition) is 1. The Labute approximate surface area is 140 Å². The molecular formula is C17H25N3O2S. The molecule has 126 valence electrons. The number of amides is 1. The number of carbonyl (C=O) groups excluding carboxylic acids is 1. The number of piperidine rings is 1. The lowest BCUT2D eigenvalue weighted by molar-refractivity contribution is 0.0285. The second kappa shape index (κ2) is 6.24. The lowest BCUT2D eigenvalue weighted by Gasteiger charge is -2.37. The number of aliphatic hydroxyl groups is 1. The van der Waals surface area contributed by atoms with Gasteiger partial charge in [0.05, 0.1) is 22.7 Å². The Kier molecular flexibility index (Phi) is 4.47. The first-order chi connectivity index (χ1) is 10.9. The maximum Gasteiger partial charge on any atom is 0.264 e. The van der Waals surface area contributed by atoms with Crippen LogP contribution < -0.4 is 0 Å². The number of rotatable bonds is 3. The standard InChI is InChI=1S/C17H25N3O2S/c1-10(2)15-12-9-14(23-17(12)19(4)18-15)16(22)20-8-6-5-7-13(20)11(3)21/h9-11,13,21H,5-8H2,1-4H3. The zero-order chi connectivity index (χ0) is 16.7. The molecule has 1 saturated heterocycles. The van der Waals surface area contributed by atoms with Gasteiger partial charge in [0, 0.05) is 19.0 Å². The van der Waals surface area contributed by atoms with Gasteiger partial charge in [0.15, 0.2) is 0 Å². The molecule has 23 heavy (non-hydrogen) atoms. The lowest BCUT2D eigenvalue weighted by Crippen LogP contribution is -2.48. The molecule has 2 aromatic rings. The predicted octanol–water partition coefficient (Wildman–Crippen LogP) is 3.13. The Hall–Kier alpha value is -1.40. The van der Waals surface area contributed by atoms with E-state index in [9.17, 15) is 9.90 Å². The van der Waals surface area contributed by atoms with Crippen LogP contribution >= 0.6 is 11.3 Å². The van der Waals surface area contributed by atoms with E-state index in [-0.39, 0.29) is 11.9 Å². The fraction of sp³-hybridized carbons (Fsp3) is 0.647. The monoisotopic (exact) mass is 335 g/mol. The number of carbonyl (C=O) groups is 1. The Bertz CT molecular complexity index is 717. The van der Waals surface area contributed by atoms with Gasteiger partial charge >= 0.3 is 0 Å². The molecule has 0 spiro atoms. The Morgan fingerprint density at radius 3 is 2.78 bits per heavy atom. The number of aromatic nitrogens is 2. The highest BCUT2D eigenvalue weighted by atomic mass is 32.1. The molecule has 1 N–H and O–H groups in total. The molecule has 5 nitrogen and oxygen atoms in total. The van der Waals surface area contributed by atoms with Crippen LogP contribution in [0.15, 0.2) is 6.07 Å². The van der Waals surface area contributed by atoms with Gasteiger partial charge in [-0.25, -0.2) is 0 Å². The van der Waals surface area contributed by atoms with Crippen LogP contribution in [0.4, 0.5) is 0 Å². The zero-order valence-corrected chi connectivity index (χ0v) is 15.1. The molecule has 3 rings (SSSR count). The second-order valence-electron chi connectivity index (χ2n) is 6.80.